The van der Waals surface area contributed by atoms with Crippen molar-refractivity contribution in [3.8, 4) is 0 Å². The first-order chi connectivity index (χ1) is 9.54. The van der Waals surface area contributed by atoms with Gasteiger partial charge in [-0.1, -0.05) is 26.8 Å². The summed E-state index contributed by atoms with van der Waals surface area (Å²) in [5, 5.41) is 4.88. The number of aromatic nitrogens is 1. The predicted octanol–water partition coefficient (Wildman–Crippen LogP) is 4.01. The number of nitrogens with one attached hydrogen (secondary N) is 2. The van der Waals surface area contributed by atoms with Gasteiger partial charge in [-0.15, -0.1) is 0 Å². The number of benzene rings is 1. The molecule has 0 aliphatic carbocycles. The highest BCUT2D eigenvalue weighted by molar-refractivity contribution is 5.84. The summed E-state index contributed by atoms with van der Waals surface area (Å²) in [6.07, 6.45) is 6.06. The molecule has 2 aromatic rings. The molecule has 0 atom stereocenters. The molecule has 1 aromatic carbocycles. The van der Waals surface area contributed by atoms with Gasteiger partial charge in [0.1, 0.15) is 0 Å². The minimum atomic E-state index is 0.220. The molecule has 1 aliphatic heterocycles. The summed E-state index contributed by atoms with van der Waals surface area (Å²) >= 11 is 0. The molecule has 20 heavy (non-hydrogen) atoms. The normalized spacial score (nSPS) is 17.8. The van der Waals surface area contributed by atoms with Crippen LogP contribution in [0.1, 0.15) is 44.7 Å². The number of hydrogen-bond donors (Lipinski definition) is 2. The standard InChI is InChI=1S/C18H26N2/c1-18(2,3)15-4-5-17-16(11-15)14(12-20-17)10-13-6-8-19-9-7-13/h4-5,11-13,19-20H,6-10H2,1-3H3. The first-order valence-corrected chi connectivity index (χ1v) is 7.85. The molecule has 1 saturated heterocycles. The Bertz CT molecular complexity index is 583. The van der Waals surface area contributed by atoms with E-state index >= 15 is 0 Å². The summed E-state index contributed by atoms with van der Waals surface area (Å²) < 4.78 is 0. The van der Waals surface area contributed by atoms with E-state index in [1.54, 1.807) is 0 Å². The van der Waals surface area contributed by atoms with Gasteiger partial charge >= 0.3 is 0 Å². The molecule has 2 heterocycles. The second kappa shape index (κ2) is 5.25. The lowest BCUT2D eigenvalue weighted by atomic mass is 9.85. The van der Waals surface area contributed by atoms with Crippen molar-refractivity contribution >= 4 is 10.9 Å². The monoisotopic (exact) mass is 270 g/mol. The van der Waals surface area contributed by atoms with Crippen LogP contribution in [0.4, 0.5) is 0 Å². The van der Waals surface area contributed by atoms with Crippen LogP contribution in [0.3, 0.4) is 0 Å². The van der Waals surface area contributed by atoms with E-state index in [-0.39, 0.29) is 5.41 Å². The predicted molar refractivity (Wildman–Crippen MR) is 86.3 cm³/mol. The van der Waals surface area contributed by atoms with E-state index in [9.17, 15) is 0 Å². The fourth-order valence-electron chi connectivity index (χ4n) is 3.21. The largest absolute Gasteiger partial charge is 0.361 e. The number of H-pyrrole nitrogens is 1. The third-order valence-electron chi connectivity index (χ3n) is 4.60. The molecule has 2 heteroatoms. The SMILES string of the molecule is CC(C)(C)c1ccc2[nH]cc(CC3CCNCC3)c2c1. The van der Waals surface area contributed by atoms with E-state index in [0.29, 0.717) is 0 Å². The Morgan fingerprint density at radius 3 is 2.60 bits per heavy atom. The molecule has 1 fully saturated rings. The number of piperidine rings is 1. The number of rotatable bonds is 2. The van der Waals surface area contributed by atoms with Crippen molar-refractivity contribution in [3.63, 3.8) is 0 Å². The number of hydrogen-bond acceptors (Lipinski definition) is 1. The molecule has 2 nitrogen and oxygen atoms in total. The van der Waals surface area contributed by atoms with E-state index in [0.717, 1.165) is 5.92 Å². The fourth-order valence-corrected chi connectivity index (χ4v) is 3.21. The lowest BCUT2D eigenvalue weighted by molar-refractivity contribution is 0.373. The van der Waals surface area contributed by atoms with E-state index in [4.69, 9.17) is 0 Å². The second-order valence-corrected chi connectivity index (χ2v) is 7.22. The molecule has 0 unspecified atom stereocenters. The van der Waals surface area contributed by atoms with E-state index in [2.05, 4.69) is 55.5 Å². The molecule has 1 aromatic heterocycles. The molecule has 108 valence electrons. The van der Waals surface area contributed by atoms with Gasteiger partial charge in [0.2, 0.25) is 0 Å². The lowest BCUT2D eigenvalue weighted by Crippen LogP contribution is -2.28. The Labute approximate surface area is 122 Å². The topological polar surface area (TPSA) is 27.8 Å². The quantitative estimate of drug-likeness (QED) is 0.848. The molecule has 0 radical (unpaired) electrons. The van der Waals surface area contributed by atoms with Crippen LogP contribution in [0.15, 0.2) is 24.4 Å². The molecule has 0 saturated carbocycles. The lowest BCUT2D eigenvalue weighted by Gasteiger charge is -2.22. The van der Waals surface area contributed by atoms with Crippen LogP contribution in [0.2, 0.25) is 0 Å². The highest BCUT2D eigenvalue weighted by atomic mass is 14.9. The van der Waals surface area contributed by atoms with Crippen LogP contribution in [0, 0.1) is 5.92 Å². The van der Waals surface area contributed by atoms with Gasteiger partial charge in [0.05, 0.1) is 0 Å². The van der Waals surface area contributed by atoms with Gasteiger partial charge in [-0.3, -0.25) is 0 Å². The maximum Gasteiger partial charge on any atom is 0.0456 e. The summed E-state index contributed by atoms with van der Waals surface area (Å²) in [7, 11) is 0. The fraction of sp³-hybridized carbons (Fsp3) is 0.556. The van der Waals surface area contributed by atoms with Gasteiger partial charge in [-0.2, -0.15) is 0 Å². The van der Waals surface area contributed by atoms with Gasteiger partial charge in [0.25, 0.3) is 0 Å². The Hall–Kier alpha value is -1.28. The van der Waals surface area contributed by atoms with Crippen molar-refractivity contribution in [2.45, 2.75) is 45.4 Å². The van der Waals surface area contributed by atoms with Gasteiger partial charge in [0, 0.05) is 17.1 Å². The Kier molecular flexibility index (Phi) is 3.59. The molecule has 3 rings (SSSR count). The van der Waals surface area contributed by atoms with Gasteiger partial charge in [-0.25, -0.2) is 0 Å². The zero-order chi connectivity index (χ0) is 14.2. The van der Waals surface area contributed by atoms with Gasteiger partial charge < -0.3 is 10.3 Å². The van der Waals surface area contributed by atoms with Crippen LogP contribution in [-0.4, -0.2) is 18.1 Å². The average Bonchev–Trinajstić information content (AvgIpc) is 2.82. The molecule has 1 aliphatic rings. The highest BCUT2D eigenvalue weighted by Gasteiger charge is 2.18. The number of fused-ring (bicyclic) bond motifs is 1. The zero-order valence-electron chi connectivity index (χ0n) is 12.9. The molecular formula is C18H26N2. The van der Waals surface area contributed by atoms with Crippen molar-refractivity contribution in [1.29, 1.82) is 0 Å². The van der Waals surface area contributed by atoms with Crippen LogP contribution in [0.5, 0.6) is 0 Å². The smallest absolute Gasteiger partial charge is 0.0456 e. The van der Waals surface area contributed by atoms with Crippen molar-refractivity contribution in [3.05, 3.63) is 35.5 Å². The second-order valence-electron chi connectivity index (χ2n) is 7.22. The minimum absolute atomic E-state index is 0.220. The molecule has 0 spiro atoms. The molecule has 0 amide bonds. The zero-order valence-corrected chi connectivity index (χ0v) is 12.9. The summed E-state index contributed by atoms with van der Waals surface area (Å²) in [5.41, 5.74) is 4.42. The van der Waals surface area contributed by atoms with Crippen molar-refractivity contribution in [2.24, 2.45) is 5.92 Å². The minimum Gasteiger partial charge on any atom is -0.361 e. The summed E-state index contributed by atoms with van der Waals surface area (Å²) in [5.74, 6) is 0.841. The molecule has 0 bridgehead atoms. The maximum absolute atomic E-state index is 3.45. The molecule has 2 N–H and O–H groups in total. The third-order valence-corrected chi connectivity index (χ3v) is 4.60. The van der Waals surface area contributed by atoms with Gasteiger partial charge in [-0.05, 0) is 66.9 Å². The van der Waals surface area contributed by atoms with Crippen molar-refractivity contribution in [2.75, 3.05) is 13.1 Å². The first kappa shape index (κ1) is 13.7. The number of aromatic amines is 1. The van der Waals surface area contributed by atoms with Gasteiger partial charge in [0.15, 0.2) is 0 Å². The van der Waals surface area contributed by atoms with Crippen LogP contribution < -0.4 is 5.32 Å². The maximum atomic E-state index is 3.45. The Morgan fingerprint density at radius 2 is 1.90 bits per heavy atom. The Balaban J connectivity index is 1.90. The van der Waals surface area contributed by atoms with Crippen molar-refractivity contribution < 1.29 is 0 Å². The third kappa shape index (κ3) is 2.76. The van der Waals surface area contributed by atoms with E-state index in [1.165, 1.54) is 54.4 Å². The van der Waals surface area contributed by atoms with Crippen LogP contribution >= 0.6 is 0 Å². The van der Waals surface area contributed by atoms with Crippen molar-refractivity contribution in [1.82, 2.24) is 10.3 Å². The summed E-state index contributed by atoms with van der Waals surface area (Å²) in [6, 6.07) is 6.89. The van der Waals surface area contributed by atoms with E-state index in [1.807, 2.05) is 0 Å². The van der Waals surface area contributed by atoms with Crippen LogP contribution in [0.25, 0.3) is 10.9 Å². The highest BCUT2D eigenvalue weighted by Crippen LogP contribution is 2.29. The Morgan fingerprint density at radius 1 is 1.15 bits per heavy atom. The summed E-state index contributed by atoms with van der Waals surface area (Å²) in [4.78, 5) is 3.44. The first-order valence-electron chi connectivity index (χ1n) is 7.85. The average molecular weight is 270 g/mol. The van der Waals surface area contributed by atoms with E-state index < -0.39 is 0 Å². The van der Waals surface area contributed by atoms with Crippen LogP contribution in [-0.2, 0) is 11.8 Å². The molecular weight excluding hydrogens is 244 g/mol. The summed E-state index contributed by atoms with van der Waals surface area (Å²) in [6.45, 7) is 9.22.